The van der Waals surface area contributed by atoms with Crippen molar-refractivity contribution in [2.24, 2.45) is 5.14 Å². The summed E-state index contributed by atoms with van der Waals surface area (Å²) < 4.78 is 64.2. The Hall–Kier alpha value is -2.00. The molecule has 21 heavy (non-hydrogen) atoms. The number of nitrogens with two attached hydrogens (primary N) is 1. The number of sulfonamides is 1. The molecule has 3 N–H and O–H groups in total. The van der Waals surface area contributed by atoms with E-state index in [0.717, 1.165) is 12.1 Å². The highest BCUT2D eigenvalue weighted by Crippen LogP contribution is 2.29. The van der Waals surface area contributed by atoms with Crippen molar-refractivity contribution >= 4 is 15.7 Å². The summed E-state index contributed by atoms with van der Waals surface area (Å²) in [6.45, 7) is 0.112. The van der Waals surface area contributed by atoms with Crippen LogP contribution in [0.25, 0.3) is 0 Å². The van der Waals surface area contributed by atoms with Gasteiger partial charge in [0.25, 0.3) is 10.0 Å². The molecule has 0 fully saturated rings. The van der Waals surface area contributed by atoms with Crippen molar-refractivity contribution in [2.75, 3.05) is 5.32 Å². The average Bonchev–Trinajstić information content (AvgIpc) is 2.84. The lowest BCUT2D eigenvalue weighted by Gasteiger charge is -2.08. The van der Waals surface area contributed by atoms with Crippen molar-refractivity contribution < 1.29 is 26.0 Å². The Morgan fingerprint density at radius 1 is 1.10 bits per heavy atom. The Morgan fingerprint density at radius 3 is 2.19 bits per heavy atom. The van der Waals surface area contributed by atoms with Crippen molar-refractivity contribution in [3.63, 3.8) is 0 Å². The second-order valence-electron chi connectivity index (χ2n) is 4.19. The van der Waals surface area contributed by atoms with Gasteiger partial charge in [0.05, 0.1) is 12.1 Å². The molecule has 0 saturated heterocycles. The van der Waals surface area contributed by atoms with Crippen LogP contribution in [0.3, 0.4) is 0 Å². The van der Waals surface area contributed by atoms with Gasteiger partial charge in [-0.15, -0.1) is 0 Å². The summed E-state index contributed by atoms with van der Waals surface area (Å²) >= 11 is 0. The van der Waals surface area contributed by atoms with Crippen molar-refractivity contribution in [2.45, 2.75) is 17.8 Å². The van der Waals surface area contributed by atoms with E-state index in [0.29, 0.717) is 11.4 Å². The zero-order valence-corrected chi connectivity index (χ0v) is 11.3. The number of benzene rings is 1. The largest absolute Gasteiger partial charge is 0.446 e. The maximum atomic E-state index is 12.4. The highest BCUT2D eigenvalue weighted by atomic mass is 32.2. The van der Waals surface area contributed by atoms with Crippen molar-refractivity contribution in [1.29, 1.82) is 0 Å². The number of hydrogen-bond acceptors (Lipinski definition) is 4. The van der Waals surface area contributed by atoms with E-state index in [-0.39, 0.29) is 11.6 Å². The van der Waals surface area contributed by atoms with Gasteiger partial charge in [0.1, 0.15) is 5.76 Å². The molecular weight excluding hydrogens is 309 g/mol. The van der Waals surface area contributed by atoms with E-state index in [9.17, 15) is 21.6 Å². The SMILES string of the molecule is NS(=O)(=O)c1ccc(CNc2ccc(C(F)(F)F)cc2)o1. The van der Waals surface area contributed by atoms with Crippen LogP contribution in [0.2, 0.25) is 0 Å². The molecule has 1 aromatic carbocycles. The van der Waals surface area contributed by atoms with Gasteiger partial charge < -0.3 is 9.73 Å². The van der Waals surface area contributed by atoms with Gasteiger partial charge in [0.15, 0.2) is 0 Å². The molecule has 0 spiro atoms. The summed E-state index contributed by atoms with van der Waals surface area (Å²) in [6, 6.07) is 7.05. The first-order chi connectivity index (χ1) is 9.66. The fourth-order valence-corrected chi connectivity index (χ4v) is 2.05. The van der Waals surface area contributed by atoms with Crippen LogP contribution < -0.4 is 10.5 Å². The molecule has 1 heterocycles. The topological polar surface area (TPSA) is 85.3 Å². The van der Waals surface area contributed by atoms with Crippen molar-refractivity contribution in [1.82, 2.24) is 0 Å². The Balaban J connectivity index is 2.02. The average molecular weight is 320 g/mol. The molecule has 0 unspecified atom stereocenters. The van der Waals surface area contributed by atoms with E-state index in [1.54, 1.807) is 0 Å². The van der Waals surface area contributed by atoms with Crippen LogP contribution in [-0.4, -0.2) is 8.42 Å². The molecule has 0 aliphatic carbocycles. The van der Waals surface area contributed by atoms with Gasteiger partial charge in [0, 0.05) is 5.69 Å². The van der Waals surface area contributed by atoms with Crippen LogP contribution >= 0.6 is 0 Å². The smallest absolute Gasteiger partial charge is 0.416 e. The molecule has 0 atom stereocenters. The number of primary sulfonamides is 1. The maximum absolute atomic E-state index is 12.4. The molecule has 9 heteroatoms. The van der Waals surface area contributed by atoms with E-state index >= 15 is 0 Å². The minimum atomic E-state index is -4.38. The predicted molar refractivity (Wildman–Crippen MR) is 68.9 cm³/mol. The predicted octanol–water partition coefficient (Wildman–Crippen LogP) is 2.56. The minimum absolute atomic E-state index is 0.112. The molecule has 2 aromatic rings. The van der Waals surface area contributed by atoms with E-state index in [1.165, 1.54) is 24.3 Å². The standard InChI is InChI=1S/C12H11F3N2O3S/c13-12(14,15)8-1-3-9(4-2-8)17-7-10-5-6-11(20-10)21(16,18)19/h1-6,17H,7H2,(H2,16,18,19). The van der Waals surface area contributed by atoms with Crippen molar-refractivity contribution in [3.8, 4) is 0 Å². The van der Waals surface area contributed by atoms with Gasteiger partial charge in [-0.3, -0.25) is 0 Å². The van der Waals surface area contributed by atoms with E-state index in [1.807, 2.05) is 0 Å². The number of hydrogen-bond donors (Lipinski definition) is 2. The molecule has 0 radical (unpaired) electrons. The zero-order valence-electron chi connectivity index (χ0n) is 10.5. The third-order valence-electron chi connectivity index (χ3n) is 2.60. The molecule has 0 aliphatic heterocycles. The van der Waals surface area contributed by atoms with Gasteiger partial charge >= 0.3 is 6.18 Å². The Morgan fingerprint density at radius 2 is 1.71 bits per heavy atom. The number of alkyl halides is 3. The lowest BCUT2D eigenvalue weighted by molar-refractivity contribution is -0.137. The van der Waals surface area contributed by atoms with Gasteiger partial charge in [-0.1, -0.05) is 0 Å². The molecule has 0 saturated carbocycles. The van der Waals surface area contributed by atoms with Crippen LogP contribution in [-0.2, 0) is 22.7 Å². The third-order valence-corrected chi connectivity index (χ3v) is 3.38. The fraction of sp³-hybridized carbons (Fsp3) is 0.167. The summed E-state index contributed by atoms with van der Waals surface area (Å²) in [6.07, 6.45) is -4.38. The van der Waals surface area contributed by atoms with Crippen LogP contribution in [0.1, 0.15) is 11.3 Å². The maximum Gasteiger partial charge on any atom is 0.416 e. The summed E-state index contributed by atoms with van der Waals surface area (Å²) in [4.78, 5) is 0. The molecule has 0 bridgehead atoms. The summed E-state index contributed by atoms with van der Waals surface area (Å²) in [5.74, 6) is 0.291. The number of rotatable bonds is 4. The molecular formula is C12H11F3N2O3S. The summed E-state index contributed by atoms with van der Waals surface area (Å²) in [5, 5.41) is 7.33. The second-order valence-corrected chi connectivity index (χ2v) is 5.69. The van der Waals surface area contributed by atoms with Crippen LogP contribution in [0, 0.1) is 0 Å². The Labute approximate surface area is 118 Å². The normalized spacial score (nSPS) is 12.4. The number of furan rings is 1. The molecule has 0 aliphatic rings. The lowest BCUT2D eigenvalue weighted by Crippen LogP contribution is -2.10. The Bertz CT molecular complexity index is 721. The fourth-order valence-electron chi connectivity index (χ4n) is 1.57. The molecule has 5 nitrogen and oxygen atoms in total. The molecule has 2 rings (SSSR count). The monoisotopic (exact) mass is 320 g/mol. The minimum Gasteiger partial charge on any atom is -0.446 e. The Kier molecular flexibility index (Phi) is 3.97. The van der Waals surface area contributed by atoms with Crippen LogP contribution in [0.4, 0.5) is 18.9 Å². The van der Waals surface area contributed by atoms with Gasteiger partial charge in [-0.25, -0.2) is 13.6 Å². The van der Waals surface area contributed by atoms with E-state index in [4.69, 9.17) is 9.56 Å². The summed E-state index contributed by atoms with van der Waals surface area (Å²) in [5.41, 5.74) is -0.306. The second kappa shape index (κ2) is 5.41. The summed E-state index contributed by atoms with van der Waals surface area (Å²) in [7, 11) is -3.91. The van der Waals surface area contributed by atoms with Gasteiger partial charge in [-0.2, -0.15) is 13.2 Å². The lowest BCUT2D eigenvalue weighted by atomic mass is 10.2. The van der Waals surface area contributed by atoms with Crippen LogP contribution in [0.15, 0.2) is 45.9 Å². The quantitative estimate of drug-likeness (QED) is 0.906. The number of nitrogens with one attached hydrogen (secondary N) is 1. The van der Waals surface area contributed by atoms with Crippen molar-refractivity contribution in [3.05, 3.63) is 47.7 Å². The van der Waals surface area contributed by atoms with E-state index in [2.05, 4.69) is 5.32 Å². The molecule has 0 amide bonds. The van der Waals surface area contributed by atoms with E-state index < -0.39 is 21.8 Å². The third kappa shape index (κ3) is 3.99. The van der Waals surface area contributed by atoms with Crippen LogP contribution in [0.5, 0.6) is 0 Å². The number of halogens is 3. The molecule has 114 valence electrons. The molecule has 1 aromatic heterocycles. The first-order valence-corrected chi connectivity index (χ1v) is 7.23. The number of anilines is 1. The zero-order chi connectivity index (χ0) is 15.7. The first-order valence-electron chi connectivity index (χ1n) is 5.69. The highest BCUT2D eigenvalue weighted by Gasteiger charge is 2.29. The highest BCUT2D eigenvalue weighted by molar-refractivity contribution is 7.89. The first kappa shape index (κ1) is 15.4. The van der Waals surface area contributed by atoms with Gasteiger partial charge in [-0.05, 0) is 36.4 Å². The van der Waals surface area contributed by atoms with Gasteiger partial charge in [0.2, 0.25) is 5.09 Å².